The Hall–Kier alpha value is -2.05. The number of carbonyl (C=O) groups excluding carboxylic acids is 1. The first kappa shape index (κ1) is 14.0. The quantitative estimate of drug-likeness (QED) is 0.789. The largest absolute Gasteiger partial charge is 0.476 e. The summed E-state index contributed by atoms with van der Waals surface area (Å²) in [5, 5.41) is 11.2. The topological polar surface area (TPSA) is 93.5 Å². The van der Waals surface area contributed by atoms with E-state index in [9.17, 15) is 9.59 Å². The van der Waals surface area contributed by atoms with E-state index >= 15 is 0 Å². The number of hydrogen-bond acceptors (Lipinski definition) is 4. The Balaban J connectivity index is 2.24. The van der Waals surface area contributed by atoms with Crippen LogP contribution in [0, 0.1) is 5.92 Å². The van der Waals surface area contributed by atoms with Gasteiger partial charge in [-0.1, -0.05) is 13.8 Å². The first-order chi connectivity index (χ1) is 8.49. The van der Waals surface area contributed by atoms with Crippen LogP contribution in [0.2, 0.25) is 0 Å². The van der Waals surface area contributed by atoms with Crippen molar-refractivity contribution in [2.45, 2.75) is 20.4 Å². The molecule has 0 saturated heterocycles. The molecule has 7 nitrogen and oxygen atoms in total. The molecular weight excluding hydrogens is 238 g/mol. The van der Waals surface area contributed by atoms with Crippen LogP contribution in [-0.2, 0) is 11.3 Å². The molecule has 1 rings (SSSR count). The van der Waals surface area contributed by atoms with E-state index in [-0.39, 0.29) is 5.69 Å². The number of hydrogen-bond donors (Lipinski definition) is 2. The van der Waals surface area contributed by atoms with Crippen LogP contribution in [0.5, 0.6) is 0 Å². The zero-order valence-corrected chi connectivity index (χ0v) is 10.4. The fourth-order valence-electron chi connectivity index (χ4n) is 1.17. The van der Waals surface area contributed by atoms with Gasteiger partial charge in [0.15, 0.2) is 5.69 Å². The molecule has 0 fully saturated rings. The number of nitrogens with zero attached hydrogens (tertiary/aromatic N) is 2. The lowest BCUT2D eigenvalue weighted by atomic mass is 10.2. The molecule has 0 unspecified atom stereocenters. The van der Waals surface area contributed by atoms with Gasteiger partial charge in [0.05, 0.1) is 12.9 Å². The highest BCUT2D eigenvalue weighted by molar-refractivity contribution is 5.84. The molecule has 7 heteroatoms. The molecule has 1 heterocycles. The molecule has 100 valence electrons. The summed E-state index contributed by atoms with van der Waals surface area (Å²) in [7, 11) is 0. The number of carbonyl (C=O) groups is 2. The van der Waals surface area contributed by atoms with Crippen LogP contribution in [0.1, 0.15) is 24.3 Å². The van der Waals surface area contributed by atoms with Gasteiger partial charge < -0.3 is 19.7 Å². The van der Waals surface area contributed by atoms with Crippen molar-refractivity contribution in [3.8, 4) is 0 Å². The van der Waals surface area contributed by atoms with Crippen LogP contribution < -0.4 is 5.32 Å². The average molecular weight is 255 g/mol. The molecule has 0 aliphatic carbocycles. The highest BCUT2D eigenvalue weighted by Crippen LogP contribution is 1.96. The smallest absolute Gasteiger partial charge is 0.407 e. The van der Waals surface area contributed by atoms with Crippen molar-refractivity contribution in [2.75, 3.05) is 13.2 Å². The van der Waals surface area contributed by atoms with Crippen molar-refractivity contribution in [3.05, 3.63) is 18.2 Å². The Morgan fingerprint density at radius 1 is 1.56 bits per heavy atom. The summed E-state index contributed by atoms with van der Waals surface area (Å²) in [5.74, 6) is -0.777. The molecule has 1 aromatic rings. The highest BCUT2D eigenvalue weighted by atomic mass is 16.5. The van der Waals surface area contributed by atoms with Gasteiger partial charge in [0, 0.05) is 19.3 Å². The lowest BCUT2D eigenvalue weighted by Gasteiger charge is -2.08. The van der Waals surface area contributed by atoms with Gasteiger partial charge >= 0.3 is 12.1 Å². The van der Waals surface area contributed by atoms with Crippen molar-refractivity contribution in [3.63, 3.8) is 0 Å². The molecule has 1 amide bonds. The monoisotopic (exact) mass is 255 g/mol. The number of nitrogens with one attached hydrogen (secondary N) is 1. The molecule has 0 saturated carbocycles. The second-order valence-corrected chi connectivity index (χ2v) is 4.22. The van der Waals surface area contributed by atoms with Crippen LogP contribution in [-0.4, -0.2) is 39.9 Å². The van der Waals surface area contributed by atoms with Crippen LogP contribution >= 0.6 is 0 Å². The third kappa shape index (κ3) is 4.86. The number of carboxylic acids is 1. The Labute approximate surface area is 105 Å². The number of ether oxygens (including phenoxy) is 1. The summed E-state index contributed by atoms with van der Waals surface area (Å²) in [4.78, 5) is 25.5. The molecule has 2 N–H and O–H groups in total. The average Bonchev–Trinajstić information content (AvgIpc) is 2.75. The lowest BCUT2D eigenvalue weighted by molar-refractivity contribution is 0.0691. The molecule has 0 atom stereocenters. The number of aromatic carboxylic acids is 1. The van der Waals surface area contributed by atoms with Gasteiger partial charge in [-0.2, -0.15) is 0 Å². The van der Waals surface area contributed by atoms with Gasteiger partial charge in [-0.05, 0) is 5.92 Å². The molecule has 0 radical (unpaired) electrons. The SMILES string of the molecule is CC(C)COC(=O)NCCn1cnc(C(=O)O)c1. The molecule has 1 aromatic heterocycles. The molecule has 18 heavy (non-hydrogen) atoms. The molecule has 0 bridgehead atoms. The fourth-order valence-corrected chi connectivity index (χ4v) is 1.17. The first-order valence-corrected chi connectivity index (χ1v) is 5.64. The maximum absolute atomic E-state index is 11.2. The van der Waals surface area contributed by atoms with E-state index in [1.54, 1.807) is 4.57 Å². The summed E-state index contributed by atoms with van der Waals surface area (Å²) >= 11 is 0. The van der Waals surface area contributed by atoms with E-state index < -0.39 is 12.1 Å². The van der Waals surface area contributed by atoms with Crippen molar-refractivity contribution in [2.24, 2.45) is 5.92 Å². The molecule has 0 aliphatic rings. The van der Waals surface area contributed by atoms with Gasteiger partial charge in [0.2, 0.25) is 0 Å². The van der Waals surface area contributed by atoms with E-state index in [1.807, 2.05) is 13.8 Å². The normalized spacial score (nSPS) is 10.4. The first-order valence-electron chi connectivity index (χ1n) is 5.64. The number of rotatable bonds is 6. The Morgan fingerprint density at radius 2 is 2.28 bits per heavy atom. The minimum absolute atomic E-state index is 0.0163. The van der Waals surface area contributed by atoms with Crippen molar-refractivity contribution < 1.29 is 19.4 Å². The second-order valence-electron chi connectivity index (χ2n) is 4.22. The number of carboxylic acid groups (broad SMARTS) is 1. The Kier molecular flexibility index (Phi) is 5.16. The maximum atomic E-state index is 11.2. The van der Waals surface area contributed by atoms with Gasteiger partial charge in [-0.25, -0.2) is 14.6 Å². The van der Waals surface area contributed by atoms with Crippen LogP contribution in [0.15, 0.2) is 12.5 Å². The molecular formula is C11H17N3O4. The summed E-state index contributed by atoms with van der Waals surface area (Å²) in [6, 6.07) is 0. The van der Waals surface area contributed by atoms with E-state index in [2.05, 4.69) is 10.3 Å². The maximum Gasteiger partial charge on any atom is 0.407 e. The van der Waals surface area contributed by atoms with Gasteiger partial charge in [0.1, 0.15) is 0 Å². The summed E-state index contributed by atoms with van der Waals surface area (Å²) in [6.45, 7) is 5.07. The van der Waals surface area contributed by atoms with E-state index in [1.165, 1.54) is 12.5 Å². The number of aromatic nitrogens is 2. The number of amides is 1. The molecule has 0 spiro atoms. The van der Waals surface area contributed by atoms with Crippen LogP contribution in [0.25, 0.3) is 0 Å². The number of imidazole rings is 1. The van der Waals surface area contributed by atoms with E-state index in [4.69, 9.17) is 9.84 Å². The third-order valence-corrected chi connectivity index (χ3v) is 2.04. The van der Waals surface area contributed by atoms with Gasteiger partial charge in [-0.3, -0.25) is 0 Å². The summed E-state index contributed by atoms with van der Waals surface area (Å²) < 4.78 is 6.51. The zero-order chi connectivity index (χ0) is 13.5. The zero-order valence-electron chi connectivity index (χ0n) is 10.4. The Bertz CT molecular complexity index is 414. The minimum atomic E-state index is -1.07. The fraction of sp³-hybridized carbons (Fsp3) is 0.545. The highest BCUT2D eigenvalue weighted by Gasteiger charge is 2.07. The van der Waals surface area contributed by atoms with E-state index in [0.717, 1.165) is 0 Å². The summed E-state index contributed by atoms with van der Waals surface area (Å²) in [5.41, 5.74) is -0.0163. The van der Waals surface area contributed by atoms with Gasteiger partial charge in [0.25, 0.3) is 0 Å². The Morgan fingerprint density at radius 3 is 2.83 bits per heavy atom. The predicted molar refractivity (Wildman–Crippen MR) is 63.4 cm³/mol. The standard InChI is InChI=1S/C11H17N3O4/c1-8(2)6-18-11(17)12-3-4-14-5-9(10(15)16)13-7-14/h5,7-8H,3-4,6H2,1-2H3,(H,12,17)(H,15,16). The molecule has 0 aromatic carbocycles. The van der Waals surface area contributed by atoms with Crippen molar-refractivity contribution >= 4 is 12.1 Å². The minimum Gasteiger partial charge on any atom is -0.476 e. The third-order valence-electron chi connectivity index (χ3n) is 2.04. The second kappa shape index (κ2) is 6.63. The van der Waals surface area contributed by atoms with E-state index in [0.29, 0.717) is 25.6 Å². The van der Waals surface area contributed by atoms with Crippen molar-refractivity contribution in [1.82, 2.24) is 14.9 Å². The van der Waals surface area contributed by atoms with Crippen molar-refractivity contribution in [1.29, 1.82) is 0 Å². The number of alkyl carbamates (subject to hydrolysis) is 1. The van der Waals surface area contributed by atoms with Crippen LogP contribution in [0.4, 0.5) is 4.79 Å². The molecule has 0 aliphatic heterocycles. The van der Waals surface area contributed by atoms with Crippen LogP contribution in [0.3, 0.4) is 0 Å². The summed E-state index contributed by atoms with van der Waals surface area (Å²) in [6.07, 6.45) is 2.34. The predicted octanol–water partition coefficient (Wildman–Crippen LogP) is 0.964. The van der Waals surface area contributed by atoms with Gasteiger partial charge in [-0.15, -0.1) is 0 Å². The lowest BCUT2D eigenvalue weighted by Crippen LogP contribution is -2.28.